The van der Waals surface area contributed by atoms with Crippen LogP contribution >= 0.6 is 0 Å². The van der Waals surface area contributed by atoms with E-state index < -0.39 is 11.4 Å². The summed E-state index contributed by atoms with van der Waals surface area (Å²) in [5.74, 6) is -0.436. The molecule has 0 aliphatic carbocycles. The maximum Gasteiger partial charge on any atom is 0.326 e. The van der Waals surface area contributed by atoms with E-state index in [1.165, 1.54) is 11.8 Å². The zero-order valence-electron chi connectivity index (χ0n) is 13.5. The Hall–Kier alpha value is -3.27. The molecule has 2 N–H and O–H groups in total. The summed E-state index contributed by atoms with van der Waals surface area (Å²) in [4.78, 5) is 13.0. The quantitative estimate of drug-likeness (QED) is 0.835. The number of nitriles is 1. The summed E-state index contributed by atoms with van der Waals surface area (Å²) in [6, 6.07) is 10.9. The Labute approximate surface area is 138 Å². The van der Waals surface area contributed by atoms with Gasteiger partial charge in [0.2, 0.25) is 11.8 Å². The van der Waals surface area contributed by atoms with Crippen molar-refractivity contribution in [3.8, 4) is 11.9 Å². The number of carbonyl (C=O) groups is 1. The minimum absolute atomic E-state index is 0.0100. The third-order valence-electron chi connectivity index (χ3n) is 4.18. The van der Waals surface area contributed by atoms with Crippen LogP contribution in [0, 0.1) is 18.3 Å². The van der Waals surface area contributed by atoms with Crippen molar-refractivity contribution < 1.29 is 14.3 Å². The lowest BCUT2D eigenvalue weighted by molar-refractivity contribution is -0.144. The predicted octanol–water partition coefficient (Wildman–Crippen LogP) is 1.27. The molecule has 0 fully saturated rings. The van der Waals surface area contributed by atoms with Crippen molar-refractivity contribution in [3.63, 3.8) is 0 Å². The third-order valence-corrected chi connectivity index (χ3v) is 4.18. The molecule has 0 radical (unpaired) electrons. The molecular weight excluding hydrogens is 308 g/mol. The van der Waals surface area contributed by atoms with E-state index in [0.29, 0.717) is 22.7 Å². The van der Waals surface area contributed by atoms with Crippen LogP contribution in [0.2, 0.25) is 0 Å². The van der Waals surface area contributed by atoms with Crippen molar-refractivity contribution in [2.45, 2.75) is 12.3 Å². The molecule has 3 rings (SSSR count). The first-order valence-corrected chi connectivity index (χ1v) is 7.24. The molecule has 1 aliphatic heterocycles. The molecule has 7 nitrogen and oxygen atoms in total. The minimum atomic E-state index is -1.51. The lowest BCUT2D eigenvalue weighted by atomic mass is 9.68. The summed E-state index contributed by atoms with van der Waals surface area (Å²) in [6.07, 6.45) is 0. The van der Waals surface area contributed by atoms with Crippen LogP contribution in [0.15, 0.2) is 41.8 Å². The maximum absolute atomic E-state index is 13.0. The average molecular weight is 324 g/mol. The standard InChI is InChI=1S/C17H16N4O3/c1-10-13-15(21(2)20-10)24-14(19)12(9-18)17(13,16(22)23-3)11-7-5-4-6-8-11/h4-8H,19H2,1-3H3. The maximum atomic E-state index is 13.0. The van der Waals surface area contributed by atoms with E-state index in [4.69, 9.17) is 15.2 Å². The first-order chi connectivity index (χ1) is 11.5. The van der Waals surface area contributed by atoms with Gasteiger partial charge in [-0.3, -0.25) is 4.79 Å². The van der Waals surface area contributed by atoms with Crippen LogP contribution in [0.4, 0.5) is 0 Å². The van der Waals surface area contributed by atoms with E-state index in [1.54, 1.807) is 38.2 Å². The molecule has 1 unspecified atom stereocenters. The third kappa shape index (κ3) is 1.83. The summed E-state index contributed by atoms with van der Waals surface area (Å²) in [5, 5.41) is 14.0. The summed E-state index contributed by atoms with van der Waals surface area (Å²) in [7, 11) is 2.96. The second-order valence-corrected chi connectivity index (χ2v) is 5.45. The normalized spacial score (nSPS) is 19.2. The van der Waals surface area contributed by atoms with Crippen LogP contribution in [-0.2, 0) is 22.0 Å². The monoisotopic (exact) mass is 324 g/mol. The summed E-state index contributed by atoms with van der Waals surface area (Å²) in [5.41, 5.74) is 6.04. The van der Waals surface area contributed by atoms with Gasteiger partial charge in [0.15, 0.2) is 5.41 Å². The number of hydrogen-bond acceptors (Lipinski definition) is 6. The molecule has 0 saturated carbocycles. The van der Waals surface area contributed by atoms with Crippen molar-refractivity contribution in [2.75, 3.05) is 7.11 Å². The number of nitrogens with two attached hydrogens (primary N) is 1. The second-order valence-electron chi connectivity index (χ2n) is 5.45. The largest absolute Gasteiger partial charge is 0.468 e. The molecule has 0 amide bonds. The lowest BCUT2D eigenvalue weighted by Crippen LogP contribution is -2.44. The fraction of sp³-hybridized carbons (Fsp3) is 0.235. The van der Waals surface area contributed by atoms with E-state index in [9.17, 15) is 10.1 Å². The molecule has 1 aromatic heterocycles. The van der Waals surface area contributed by atoms with Gasteiger partial charge in [-0.15, -0.1) is 0 Å². The Bertz CT molecular complexity index is 893. The molecule has 1 atom stereocenters. The van der Waals surface area contributed by atoms with Gasteiger partial charge in [0.25, 0.3) is 0 Å². The van der Waals surface area contributed by atoms with Crippen LogP contribution in [0.1, 0.15) is 16.8 Å². The highest BCUT2D eigenvalue weighted by atomic mass is 16.5. The van der Waals surface area contributed by atoms with Crippen LogP contribution in [0.3, 0.4) is 0 Å². The Morgan fingerprint density at radius 2 is 2.08 bits per heavy atom. The molecule has 0 bridgehead atoms. The van der Waals surface area contributed by atoms with Crippen molar-refractivity contribution in [1.82, 2.24) is 9.78 Å². The first-order valence-electron chi connectivity index (χ1n) is 7.24. The van der Waals surface area contributed by atoms with E-state index in [0.717, 1.165) is 0 Å². The van der Waals surface area contributed by atoms with E-state index in [-0.39, 0.29) is 11.5 Å². The molecule has 7 heteroatoms. The van der Waals surface area contributed by atoms with Gasteiger partial charge in [0.05, 0.1) is 18.4 Å². The van der Waals surface area contributed by atoms with E-state index >= 15 is 0 Å². The highest BCUT2D eigenvalue weighted by Gasteiger charge is 2.55. The Morgan fingerprint density at radius 1 is 1.42 bits per heavy atom. The first kappa shape index (κ1) is 15.6. The van der Waals surface area contributed by atoms with Crippen molar-refractivity contribution in [3.05, 3.63) is 58.6 Å². The number of nitrogens with zero attached hydrogens (tertiary/aromatic N) is 3. The summed E-state index contributed by atoms with van der Waals surface area (Å²) < 4.78 is 12.2. The molecule has 0 saturated heterocycles. The topological polar surface area (TPSA) is 103 Å². The van der Waals surface area contributed by atoms with Crippen molar-refractivity contribution in [2.24, 2.45) is 12.8 Å². The van der Waals surface area contributed by atoms with Gasteiger partial charge < -0.3 is 15.2 Å². The minimum Gasteiger partial charge on any atom is -0.468 e. The van der Waals surface area contributed by atoms with E-state index in [1.807, 2.05) is 12.1 Å². The average Bonchev–Trinajstić information content (AvgIpc) is 2.87. The zero-order chi connectivity index (χ0) is 17.5. The van der Waals surface area contributed by atoms with Crippen LogP contribution < -0.4 is 10.5 Å². The summed E-state index contributed by atoms with van der Waals surface area (Å²) >= 11 is 0. The van der Waals surface area contributed by atoms with Gasteiger partial charge in [-0.1, -0.05) is 30.3 Å². The Kier molecular flexibility index (Phi) is 3.53. The fourth-order valence-electron chi connectivity index (χ4n) is 3.24. The number of hydrogen-bond donors (Lipinski definition) is 1. The van der Waals surface area contributed by atoms with Gasteiger partial charge >= 0.3 is 5.97 Å². The Balaban J connectivity index is 2.51. The number of benzene rings is 1. The van der Waals surface area contributed by atoms with Crippen LogP contribution in [0.25, 0.3) is 0 Å². The molecule has 1 aromatic carbocycles. The van der Waals surface area contributed by atoms with Crippen molar-refractivity contribution in [1.29, 1.82) is 5.26 Å². The number of aromatic nitrogens is 2. The number of aryl methyl sites for hydroxylation is 2. The molecule has 0 spiro atoms. The molecule has 24 heavy (non-hydrogen) atoms. The molecule has 2 aromatic rings. The second kappa shape index (κ2) is 5.42. The number of methoxy groups -OCH3 is 1. The lowest BCUT2D eigenvalue weighted by Gasteiger charge is -2.35. The summed E-state index contributed by atoms with van der Waals surface area (Å²) in [6.45, 7) is 1.75. The van der Waals surface area contributed by atoms with Gasteiger partial charge in [-0.2, -0.15) is 10.4 Å². The van der Waals surface area contributed by atoms with Crippen LogP contribution in [0.5, 0.6) is 5.88 Å². The molecular formula is C17H16N4O3. The highest BCUT2D eigenvalue weighted by Crippen LogP contribution is 2.49. The van der Waals surface area contributed by atoms with Gasteiger partial charge in [-0.25, -0.2) is 4.68 Å². The number of rotatable bonds is 2. The van der Waals surface area contributed by atoms with Gasteiger partial charge in [-0.05, 0) is 12.5 Å². The number of carbonyl (C=O) groups excluding carboxylic acids is 1. The van der Waals surface area contributed by atoms with E-state index in [2.05, 4.69) is 5.10 Å². The predicted molar refractivity (Wildman–Crippen MR) is 84.6 cm³/mol. The molecule has 1 aliphatic rings. The van der Waals surface area contributed by atoms with Crippen LogP contribution in [-0.4, -0.2) is 22.9 Å². The SMILES string of the molecule is COC(=O)C1(c2ccccc2)C(C#N)=C(N)Oc2c1c(C)nn2C. The molecule has 2 heterocycles. The highest BCUT2D eigenvalue weighted by molar-refractivity contribution is 5.95. The van der Waals surface area contributed by atoms with Crippen molar-refractivity contribution >= 4 is 5.97 Å². The van der Waals surface area contributed by atoms with Gasteiger partial charge in [0.1, 0.15) is 11.6 Å². The molecule has 122 valence electrons. The number of esters is 1. The smallest absolute Gasteiger partial charge is 0.326 e. The fourth-order valence-corrected chi connectivity index (χ4v) is 3.24. The van der Waals surface area contributed by atoms with Gasteiger partial charge in [0, 0.05) is 7.05 Å². The number of ether oxygens (including phenoxy) is 2. The number of fused-ring (bicyclic) bond motifs is 1. The zero-order valence-corrected chi connectivity index (χ0v) is 13.5. The Morgan fingerprint density at radius 3 is 2.67 bits per heavy atom.